The Morgan fingerprint density at radius 3 is 2.50 bits per heavy atom. The standard InChI is InChI=1S/C23H25ClN2O2/c1-27-21-11-8-18(15-22(21)28-2)23-20-5-3-12-25(20)13-4-14-26(23)16-17-6-9-19(24)10-7-17/h3,5-12,15,23H,4,13-14,16H2,1-2H3/t23-/m0/s1. The first kappa shape index (κ1) is 18.9. The summed E-state index contributed by atoms with van der Waals surface area (Å²) in [7, 11) is 3.35. The summed E-state index contributed by atoms with van der Waals surface area (Å²) in [6.07, 6.45) is 3.29. The third-order valence-corrected chi connectivity index (χ3v) is 5.63. The summed E-state index contributed by atoms with van der Waals surface area (Å²) in [6, 6.07) is 18.9. The number of aryl methyl sites for hydroxylation is 1. The quantitative estimate of drug-likeness (QED) is 0.596. The molecule has 1 aromatic heterocycles. The minimum absolute atomic E-state index is 0.146. The third kappa shape index (κ3) is 3.75. The van der Waals surface area contributed by atoms with Crippen molar-refractivity contribution in [3.05, 3.63) is 82.6 Å². The van der Waals surface area contributed by atoms with Crippen LogP contribution in [0.4, 0.5) is 0 Å². The van der Waals surface area contributed by atoms with Crippen LogP contribution in [0.2, 0.25) is 5.02 Å². The van der Waals surface area contributed by atoms with Crippen LogP contribution in [0, 0.1) is 0 Å². The lowest BCUT2D eigenvalue weighted by Crippen LogP contribution is -2.29. The normalized spacial score (nSPS) is 17.0. The number of nitrogens with zero attached hydrogens (tertiary/aromatic N) is 2. The highest BCUT2D eigenvalue weighted by atomic mass is 35.5. The molecule has 146 valence electrons. The van der Waals surface area contributed by atoms with Crippen LogP contribution in [0.3, 0.4) is 0 Å². The molecule has 2 aromatic carbocycles. The van der Waals surface area contributed by atoms with Crippen molar-refractivity contribution in [1.82, 2.24) is 9.47 Å². The number of aromatic nitrogens is 1. The summed E-state index contributed by atoms with van der Waals surface area (Å²) in [4.78, 5) is 2.53. The topological polar surface area (TPSA) is 26.6 Å². The largest absolute Gasteiger partial charge is 0.493 e. The van der Waals surface area contributed by atoms with Crippen molar-refractivity contribution in [3.63, 3.8) is 0 Å². The second-order valence-corrected chi connectivity index (χ2v) is 7.53. The minimum Gasteiger partial charge on any atom is -0.493 e. The first-order valence-corrected chi connectivity index (χ1v) is 9.93. The Labute approximate surface area is 171 Å². The zero-order chi connectivity index (χ0) is 19.5. The Kier molecular flexibility index (Phi) is 5.60. The fourth-order valence-corrected chi connectivity index (χ4v) is 4.16. The lowest BCUT2D eigenvalue weighted by molar-refractivity contribution is 0.220. The van der Waals surface area contributed by atoms with Crippen molar-refractivity contribution in [3.8, 4) is 11.5 Å². The van der Waals surface area contributed by atoms with Crippen LogP contribution in [-0.2, 0) is 13.1 Å². The van der Waals surface area contributed by atoms with E-state index in [2.05, 4.69) is 52.1 Å². The van der Waals surface area contributed by atoms with Crippen LogP contribution < -0.4 is 9.47 Å². The molecule has 4 rings (SSSR count). The third-order valence-electron chi connectivity index (χ3n) is 5.38. The van der Waals surface area contributed by atoms with Crippen molar-refractivity contribution in [2.45, 2.75) is 25.6 Å². The van der Waals surface area contributed by atoms with Gasteiger partial charge in [0.2, 0.25) is 0 Å². The van der Waals surface area contributed by atoms with E-state index >= 15 is 0 Å². The molecule has 5 heteroatoms. The van der Waals surface area contributed by atoms with Gasteiger partial charge in [-0.15, -0.1) is 0 Å². The molecule has 0 saturated carbocycles. The molecule has 0 amide bonds. The number of hydrogen-bond acceptors (Lipinski definition) is 3. The number of benzene rings is 2. The fraction of sp³-hybridized carbons (Fsp3) is 0.304. The molecule has 0 N–H and O–H groups in total. The van der Waals surface area contributed by atoms with E-state index in [1.807, 2.05) is 18.2 Å². The molecule has 1 aliphatic rings. The summed E-state index contributed by atoms with van der Waals surface area (Å²) in [5.41, 5.74) is 3.77. The van der Waals surface area contributed by atoms with E-state index in [4.69, 9.17) is 21.1 Å². The molecule has 1 atom stereocenters. The van der Waals surface area contributed by atoms with Crippen LogP contribution in [0.15, 0.2) is 60.8 Å². The smallest absolute Gasteiger partial charge is 0.161 e. The Morgan fingerprint density at radius 2 is 1.75 bits per heavy atom. The number of halogens is 1. The fourth-order valence-electron chi connectivity index (χ4n) is 4.04. The van der Waals surface area contributed by atoms with Crippen molar-refractivity contribution in [2.75, 3.05) is 20.8 Å². The molecule has 4 nitrogen and oxygen atoms in total. The monoisotopic (exact) mass is 396 g/mol. The number of ether oxygens (including phenoxy) is 2. The second-order valence-electron chi connectivity index (χ2n) is 7.09. The van der Waals surface area contributed by atoms with Gasteiger partial charge < -0.3 is 14.0 Å². The molecule has 0 bridgehead atoms. The Morgan fingerprint density at radius 1 is 0.964 bits per heavy atom. The number of rotatable bonds is 5. The zero-order valence-electron chi connectivity index (χ0n) is 16.3. The van der Waals surface area contributed by atoms with E-state index < -0.39 is 0 Å². The first-order valence-electron chi connectivity index (χ1n) is 9.55. The minimum atomic E-state index is 0.146. The Balaban J connectivity index is 1.75. The molecular formula is C23H25ClN2O2. The van der Waals surface area contributed by atoms with Gasteiger partial charge in [-0.05, 0) is 53.9 Å². The van der Waals surface area contributed by atoms with Gasteiger partial charge in [-0.2, -0.15) is 0 Å². The van der Waals surface area contributed by atoms with E-state index in [9.17, 15) is 0 Å². The Bertz CT molecular complexity index is 936. The summed E-state index contributed by atoms with van der Waals surface area (Å²) in [5.74, 6) is 1.51. The molecule has 0 aliphatic carbocycles. The second kappa shape index (κ2) is 8.29. The molecular weight excluding hydrogens is 372 g/mol. The van der Waals surface area contributed by atoms with Gasteiger partial charge in [0, 0.05) is 36.5 Å². The average Bonchev–Trinajstić information content (AvgIpc) is 3.10. The van der Waals surface area contributed by atoms with Crippen LogP contribution in [0.5, 0.6) is 11.5 Å². The first-order chi connectivity index (χ1) is 13.7. The Hall–Kier alpha value is -2.43. The molecule has 2 heterocycles. The van der Waals surface area contributed by atoms with Crippen molar-refractivity contribution in [2.24, 2.45) is 0 Å². The van der Waals surface area contributed by atoms with E-state index in [1.165, 1.54) is 16.8 Å². The molecule has 0 fully saturated rings. The maximum atomic E-state index is 6.08. The van der Waals surface area contributed by atoms with Crippen molar-refractivity contribution >= 4 is 11.6 Å². The molecule has 0 unspecified atom stereocenters. The molecule has 0 spiro atoms. The summed E-state index contributed by atoms with van der Waals surface area (Å²) < 4.78 is 13.4. The van der Waals surface area contributed by atoms with Crippen molar-refractivity contribution < 1.29 is 9.47 Å². The number of fused-ring (bicyclic) bond motifs is 1. The average molecular weight is 397 g/mol. The highest BCUT2D eigenvalue weighted by Crippen LogP contribution is 2.37. The number of hydrogen-bond donors (Lipinski definition) is 0. The predicted octanol–water partition coefficient (Wildman–Crippen LogP) is 5.15. The van der Waals surface area contributed by atoms with Crippen LogP contribution >= 0.6 is 11.6 Å². The van der Waals surface area contributed by atoms with E-state index in [0.717, 1.165) is 42.6 Å². The SMILES string of the molecule is COc1ccc([C@H]2c3cccn3CCCN2Cc2ccc(Cl)cc2)cc1OC. The highest BCUT2D eigenvalue weighted by Gasteiger charge is 2.28. The summed E-state index contributed by atoms with van der Waals surface area (Å²) in [5, 5.41) is 0.768. The molecule has 0 radical (unpaired) electrons. The van der Waals surface area contributed by atoms with Gasteiger partial charge in [-0.1, -0.05) is 29.8 Å². The molecule has 1 aliphatic heterocycles. The lowest BCUT2D eigenvalue weighted by Gasteiger charge is -2.31. The molecule has 3 aromatic rings. The van der Waals surface area contributed by atoms with Crippen molar-refractivity contribution in [1.29, 1.82) is 0 Å². The van der Waals surface area contributed by atoms with Crippen LogP contribution in [-0.4, -0.2) is 30.2 Å². The van der Waals surface area contributed by atoms with Gasteiger partial charge in [-0.3, -0.25) is 4.90 Å². The van der Waals surface area contributed by atoms with E-state index in [1.54, 1.807) is 14.2 Å². The van der Waals surface area contributed by atoms with Gasteiger partial charge in [0.15, 0.2) is 11.5 Å². The van der Waals surface area contributed by atoms with Gasteiger partial charge in [0.1, 0.15) is 0 Å². The number of methoxy groups -OCH3 is 2. The van der Waals surface area contributed by atoms with Gasteiger partial charge in [0.05, 0.1) is 20.3 Å². The van der Waals surface area contributed by atoms with E-state index in [-0.39, 0.29) is 6.04 Å². The van der Waals surface area contributed by atoms with Crippen LogP contribution in [0.1, 0.15) is 29.3 Å². The maximum Gasteiger partial charge on any atom is 0.161 e. The zero-order valence-corrected chi connectivity index (χ0v) is 17.0. The van der Waals surface area contributed by atoms with Gasteiger partial charge in [-0.25, -0.2) is 0 Å². The van der Waals surface area contributed by atoms with Gasteiger partial charge >= 0.3 is 0 Å². The van der Waals surface area contributed by atoms with Crippen LogP contribution in [0.25, 0.3) is 0 Å². The molecule has 0 saturated heterocycles. The lowest BCUT2D eigenvalue weighted by atomic mass is 10.0. The molecule has 28 heavy (non-hydrogen) atoms. The maximum absolute atomic E-state index is 6.08. The van der Waals surface area contributed by atoms with Gasteiger partial charge in [0.25, 0.3) is 0 Å². The summed E-state index contributed by atoms with van der Waals surface area (Å²) >= 11 is 6.08. The van der Waals surface area contributed by atoms with E-state index in [0.29, 0.717) is 0 Å². The highest BCUT2D eigenvalue weighted by molar-refractivity contribution is 6.30. The predicted molar refractivity (Wildman–Crippen MR) is 112 cm³/mol. The summed E-state index contributed by atoms with van der Waals surface area (Å²) in [6.45, 7) is 2.91.